The fourth-order valence-corrected chi connectivity index (χ4v) is 3.94. The van der Waals surface area contributed by atoms with Gasteiger partial charge in [-0.2, -0.15) is 0 Å². The predicted octanol–water partition coefficient (Wildman–Crippen LogP) is 6.09. The summed E-state index contributed by atoms with van der Waals surface area (Å²) in [5.74, 6) is -0.280. The van der Waals surface area contributed by atoms with Gasteiger partial charge in [0.05, 0.1) is 36.7 Å². The second-order valence-corrected chi connectivity index (χ2v) is 8.14. The second-order valence-electron chi connectivity index (χ2n) is 4.77. The van der Waals surface area contributed by atoms with Gasteiger partial charge in [-0.15, -0.1) is 11.3 Å². The number of benzene rings is 1. The molecule has 23 heavy (non-hydrogen) atoms. The molecule has 2 rings (SSSR count). The number of thiophene rings is 1. The molecular formula is C14H11Cl5N2OS. The molecule has 1 heterocycles. The number of nitrogens with zero attached hydrogens (tertiary/aromatic N) is 1. The van der Waals surface area contributed by atoms with Crippen molar-refractivity contribution in [2.75, 3.05) is 18.9 Å². The van der Waals surface area contributed by atoms with Crippen LogP contribution in [0.5, 0.6) is 0 Å². The van der Waals surface area contributed by atoms with Crippen LogP contribution in [0.3, 0.4) is 0 Å². The lowest BCUT2D eigenvalue weighted by Gasteiger charge is -2.17. The molecule has 0 atom stereocenters. The van der Waals surface area contributed by atoms with E-state index in [4.69, 9.17) is 58.0 Å². The van der Waals surface area contributed by atoms with Gasteiger partial charge in [0.2, 0.25) is 5.91 Å². The fraction of sp³-hybridized carbons (Fsp3) is 0.214. The van der Waals surface area contributed by atoms with Gasteiger partial charge in [-0.1, -0.05) is 58.0 Å². The zero-order chi connectivity index (χ0) is 17.1. The minimum absolute atomic E-state index is 0.145. The van der Waals surface area contributed by atoms with Gasteiger partial charge in [0.15, 0.2) is 0 Å². The molecule has 0 aliphatic heterocycles. The maximum absolute atomic E-state index is 12.2. The number of anilines is 1. The first-order valence-electron chi connectivity index (χ1n) is 6.33. The minimum Gasteiger partial charge on any atom is -0.322 e. The van der Waals surface area contributed by atoms with Crippen LogP contribution in [0.25, 0.3) is 0 Å². The molecule has 0 radical (unpaired) electrons. The summed E-state index contributed by atoms with van der Waals surface area (Å²) in [7, 11) is 1.82. The molecule has 1 amide bonds. The van der Waals surface area contributed by atoms with Crippen molar-refractivity contribution in [1.29, 1.82) is 0 Å². The van der Waals surface area contributed by atoms with Gasteiger partial charge in [-0.3, -0.25) is 9.69 Å². The normalized spacial score (nSPS) is 11.1. The number of carbonyl (C=O) groups excluding carboxylic acids is 1. The van der Waals surface area contributed by atoms with Crippen LogP contribution < -0.4 is 5.32 Å². The van der Waals surface area contributed by atoms with E-state index in [0.717, 1.165) is 4.88 Å². The Kier molecular flexibility index (Phi) is 6.87. The standard InChI is InChI=1S/C14H11Cl5N2OS/c1-21(5-7-2-3-10(17)23-7)6-11(22)20-14-12(18)8(15)4-9(16)13(14)19/h2-4H,5-6H2,1H3,(H,20,22). The molecule has 0 saturated heterocycles. The molecule has 3 nitrogen and oxygen atoms in total. The number of rotatable bonds is 5. The number of hydrogen-bond acceptors (Lipinski definition) is 3. The highest BCUT2D eigenvalue weighted by Gasteiger charge is 2.17. The van der Waals surface area contributed by atoms with E-state index in [0.29, 0.717) is 10.9 Å². The SMILES string of the molecule is CN(CC(=O)Nc1c(Cl)c(Cl)cc(Cl)c1Cl)Cc1ccc(Cl)s1. The molecule has 0 spiro atoms. The smallest absolute Gasteiger partial charge is 0.238 e. The summed E-state index contributed by atoms with van der Waals surface area (Å²) in [6, 6.07) is 5.17. The summed E-state index contributed by atoms with van der Waals surface area (Å²) >= 11 is 31.4. The Bertz CT molecular complexity index is 708. The van der Waals surface area contributed by atoms with E-state index in [1.54, 1.807) is 0 Å². The van der Waals surface area contributed by atoms with Gasteiger partial charge < -0.3 is 5.32 Å². The van der Waals surface area contributed by atoms with Crippen molar-refractivity contribution in [3.05, 3.63) is 47.5 Å². The zero-order valence-electron chi connectivity index (χ0n) is 11.8. The number of nitrogens with one attached hydrogen (secondary N) is 1. The highest BCUT2D eigenvalue weighted by Crippen LogP contribution is 2.40. The quantitative estimate of drug-likeness (QED) is 0.580. The molecule has 2 aromatic rings. The summed E-state index contributed by atoms with van der Waals surface area (Å²) < 4.78 is 0.713. The first kappa shape index (κ1) is 19.1. The third-order valence-electron chi connectivity index (χ3n) is 2.84. The van der Waals surface area contributed by atoms with Gasteiger partial charge in [0, 0.05) is 11.4 Å². The molecule has 0 saturated carbocycles. The van der Waals surface area contributed by atoms with Crippen LogP contribution in [0.2, 0.25) is 24.4 Å². The van der Waals surface area contributed by atoms with Crippen LogP contribution in [0.15, 0.2) is 18.2 Å². The number of hydrogen-bond donors (Lipinski definition) is 1. The molecule has 0 fully saturated rings. The van der Waals surface area contributed by atoms with E-state index in [2.05, 4.69) is 5.32 Å². The third-order valence-corrected chi connectivity index (χ3v) is 5.64. The van der Waals surface area contributed by atoms with E-state index in [1.165, 1.54) is 17.4 Å². The maximum Gasteiger partial charge on any atom is 0.238 e. The molecule has 1 aromatic carbocycles. The van der Waals surface area contributed by atoms with E-state index < -0.39 is 0 Å². The third kappa shape index (κ3) is 5.13. The van der Waals surface area contributed by atoms with Crippen LogP contribution in [0, 0.1) is 0 Å². The number of halogens is 5. The molecule has 0 aliphatic rings. The number of likely N-dealkylation sites (N-methyl/N-ethyl adjacent to an activating group) is 1. The van der Waals surface area contributed by atoms with Crippen molar-refractivity contribution < 1.29 is 4.79 Å². The fourth-order valence-electron chi connectivity index (χ4n) is 1.87. The van der Waals surface area contributed by atoms with Crippen LogP contribution in [0.4, 0.5) is 5.69 Å². The van der Waals surface area contributed by atoms with Crippen molar-refractivity contribution in [2.45, 2.75) is 6.54 Å². The minimum atomic E-state index is -0.280. The van der Waals surface area contributed by atoms with Crippen molar-refractivity contribution >= 4 is 80.9 Å². The van der Waals surface area contributed by atoms with E-state index in [9.17, 15) is 4.79 Å². The molecule has 124 valence electrons. The van der Waals surface area contributed by atoms with Gasteiger partial charge in [-0.25, -0.2) is 0 Å². The molecule has 1 aromatic heterocycles. The van der Waals surface area contributed by atoms with E-state index in [-0.39, 0.29) is 38.2 Å². The van der Waals surface area contributed by atoms with Gasteiger partial charge >= 0.3 is 0 Å². The van der Waals surface area contributed by atoms with Crippen molar-refractivity contribution in [3.63, 3.8) is 0 Å². The molecule has 0 bridgehead atoms. The Morgan fingerprint density at radius 2 is 1.74 bits per heavy atom. The van der Waals surface area contributed by atoms with Crippen molar-refractivity contribution in [3.8, 4) is 0 Å². The number of carbonyl (C=O) groups is 1. The summed E-state index contributed by atoms with van der Waals surface area (Å²) in [4.78, 5) is 15.1. The highest BCUT2D eigenvalue weighted by molar-refractivity contribution is 7.16. The lowest BCUT2D eigenvalue weighted by Crippen LogP contribution is -2.29. The van der Waals surface area contributed by atoms with Crippen LogP contribution in [-0.2, 0) is 11.3 Å². The first-order valence-corrected chi connectivity index (χ1v) is 9.04. The summed E-state index contributed by atoms with van der Waals surface area (Å²) in [5.41, 5.74) is 0.211. The first-order chi connectivity index (χ1) is 10.8. The molecular weight excluding hydrogens is 421 g/mol. The molecule has 0 aliphatic carbocycles. The van der Waals surface area contributed by atoms with Crippen molar-refractivity contribution in [1.82, 2.24) is 4.90 Å². The Balaban J connectivity index is 2.02. The molecule has 9 heteroatoms. The lowest BCUT2D eigenvalue weighted by atomic mass is 10.3. The summed E-state index contributed by atoms with van der Waals surface area (Å²) in [5, 5.41) is 3.40. The van der Waals surface area contributed by atoms with Crippen molar-refractivity contribution in [2.24, 2.45) is 0 Å². The van der Waals surface area contributed by atoms with E-state index >= 15 is 0 Å². The molecule has 1 N–H and O–H groups in total. The topological polar surface area (TPSA) is 32.3 Å². The maximum atomic E-state index is 12.2. The predicted molar refractivity (Wildman–Crippen MR) is 101 cm³/mol. The average Bonchev–Trinajstić information content (AvgIpc) is 2.86. The highest BCUT2D eigenvalue weighted by atomic mass is 35.5. The van der Waals surface area contributed by atoms with Gasteiger partial charge in [0.1, 0.15) is 0 Å². The Hall–Kier alpha value is -0.200. The van der Waals surface area contributed by atoms with Gasteiger partial charge in [0.25, 0.3) is 0 Å². The Labute approximate surface area is 163 Å². The summed E-state index contributed by atoms with van der Waals surface area (Å²) in [6.45, 7) is 0.745. The van der Waals surface area contributed by atoms with Gasteiger partial charge in [-0.05, 0) is 25.2 Å². The monoisotopic (exact) mass is 430 g/mol. The van der Waals surface area contributed by atoms with Crippen LogP contribution >= 0.6 is 69.3 Å². The average molecular weight is 433 g/mol. The van der Waals surface area contributed by atoms with Crippen LogP contribution in [-0.4, -0.2) is 24.4 Å². The zero-order valence-corrected chi connectivity index (χ0v) is 16.4. The van der Waals surface area contributed by atoms with E-state index in [1.807, 2.05) is 24.1 Å². The lowest BCUT2D eigenvalue weighted by molar-refractivity contribution is -0.117. The number of amides is 1. The largest absolute Gasteiger partial charge is 0.322 e. The summed E-state index contributed by atoms with van der Waals surface area (Å²) in [6.07, 6.45) is 0. The van der Waals surface area contributed by atoms with Crippen LogP contribution in [0.1, 0.15) is 4.88 Å². The Morgan fingerprint density at radius 3 is 2.26 bits per heavy atom. The Morgan fingerprint density at radius 1 is 1.13 bits per heavy atom. The second kappa shape index (κ2) is 8.26. The molecule has 0 unspecified atom stereocenters.